The number of carbonyl (C=O) groups excluding carboxylic acids is 1. The molecular weight excluding hydrogens is 238 g/mol. The fourth-order valence-corrected chi connectivity index (χ4v) is 3.19. The zero-order chi connectivity index (χ0) is 14.0. The van der Waals surface area contributed by atoms with E-state index in [0.29, 0.717) is 0 Å². The van der Waals surface area contributed by atoms with Gasteiger partial charge in [-0.25, -0.2) is 0 Å². The van der Waals surface area contributed by atoms with Gasteiger partial charge < -0.3 is 10.6 Å². The number of rotatable bonds is 4. The van der Waals surface area contributed by atoms with Crippen molar-refractivity contribution < 1.29 is 4.79 Å². The largest absolute Gasteiger partial charge is 0.354 e. The minimum absolute atomic E-state index is 0.0514. The van der Waals surface area contributed by atoms with Gasteiger partial charge in [0.05, 0.1) is 5.92 Å². The maximum absolute atomic E-state index is 11.9. The second-order valence-electron chi connectivity index (χ2n) is 7.24. The Morgan fingerprint density at radius 3 is 2.32 bits per heavy atom. The third-order valence-corrected chi connectivity index (χ3v) is 4.57. The van der Waals surface area contributed by atoms with Crippen LogP contribution in [0.15, 0.2) is 0 Å². The van der Waals surface area contributed by atoms with Gasteiger partial charge in [-0.3, -0.25) is 9.69 Å². The van der Waals surface area contributed by atoms with E-state index in [4.69, 9.17) is 0 Å². The number of hydrogen-bond donors (Lipinski definition) is 2. The monoisotopic (exact) mass is 267 g/mol. The van der Waals surface area contributed by atoms with Crippen molar-refractivity contribution in [3.8, 4) is 0 Å². The maximum atomic E-state index is 11.9. The Morgan fingerprint density at radius 1 is 1.26 bits per heavy atom. The lowest BCUT2D eigenvalue weighted by Crippen LogP contribution is -2.58. The fourth-order valence-electron chi connectivity index (χ4n) is 3.19. The van der Waals surface area contributed by atoms with E-state index < -0.39 is 0 Å². The molecule has 19 heavy (non-hydrogen) atoms. The van der Waals surface area contributed by atoms with E-state index in [2.05, 4.69) is 43.2 Å². The molecule has 0 spiro atoms. The molecule has 0 aliphatic carbocycles. The third-order valence-electron chi connectivity index (χ3n) is 4.57. The summed E-state index contributed by atoms with van der Waals surface area (Å²) in [5.41, 5.74) is 0.0514. The highest BCUT2D eigenvalue weighted by atomic mass is 16.2. The number of carbonyl (C=O) groups is 1. The molecule has 2 fully saturated rings. The summed E-state index contributed by atoms with van der Waals surface area (Å²) in [5.74, 6) is 1.92. The zero-order valence-corrected chi connectivity index (χ0v) is 12.8. The molecule has 0 aromatic rings. The molecule has 0 bridgehead atoms. The Labute approximate surface area is 117 Å². The molecule has 0 saturated carbocycles. The summed E-state index contributed by atoms with van der Waals surface area (Å²) in [6.45, 7) is 13.9. The van der Waals surface area contributed by atoms with E-state index in [-0.39, 0.29) is 17.4 Å². The summed E-state index contributed by atoms with van der Waals surface area (Å²) >= 11 is 0. The van der Waals surface area contributed by atoms with E-state index >= 15 is 0 Å². The molecule has 2 atom stereocenters. The third kappa shape index (κ3) is 3.69. The van der Waals surface area contributed by atoms with Crippen LogP contribution in [0.5, 0.6) is 0 Å². The topological polar surface area (TPSA) is 44.4 Å². The summed E-state index contributed by atoms with van der Waals surface area (Å²) in [6.07, 6.45) is 1.33. The van der Waals surface area contributed by atoms with Crippen LogP contribution in [-0.4, -0.2) is 49.1 Å². The van der Waals surface area contributed by atoms with Crippen LogP contribution in [0.3, 0.4) is 0 Å². The predicted molar refractivity (Wildman–Crippen MR) is 78.0 cm³/mol. The normalized spacial score (nSPS) is 29.9. The lowest BCUT2D eigenvalue weighted by molar-refractivity contribution is -0.127. The van der Waals surface area contributed by atoms with E-state index in [1.807, 2.05) is 0 Å². The molecule has 2 aliphatic heterocycles. The first kappa shape index (κ1) is 14.8. The van der Waals surface area contributed by atoms with E-state index in [9.17, 15) is 4.79 Å². The summed E-state index contributed by atoms with van der Waals surface area (Å²) in [6, 6.07) is 0. The number of piperidine rings is 1. The molecule has 2 unspecified atom stereocenters. The molecule has 2 aliphatic rings. The van der Waals surface area contributed by atoms with Crippen LogP contribution in [0.1, 0.15) is 34.1 Å². The van der Waals surface area contributed by atoms with E-state index in [1.54, 1.807) is 0 Å². The van der Waals surface area contributed by atoms with Crippen LogP contribution in [0.25, 0.3) is 0 Å². The van der Waals surface area contributed by atoms with Crippen LogP contribution in [0.4, 0.5) is 0 Å². The number of hydrogen-bond acceptors (Lipinski definition) is 3. The van der Waals surface area contributed by atoms with Gasteiger partial charge in [-0.1, -0.05) is 13.8 Å². The molecule has 0 aromatic heterocycles. The standard InChI is InChI=1S/C15H29N3O/c1-11-5-12(2)9-18(8-11)15(3,4)10-17-14(19)13-6-16-7-13/h11-13,16H,5-10H2,1-4H3,(H,17,19). The first-order chi connectivity index (χ1) is 8.88. The van der Waals surface area contributed by atoms with Crippen molar-refractivity contribution in [1.29, 1.82) is 0 Å². The maximum Gasteiger partial charge on any atom is 0.225 e. The molecule has 4 heteroatoms. The number of nitrogens with one attached hydrogen (secondary N) is 2. The lowest BCUT2D eigenvalue weighted by atomic mass is 9.88. The molecule has 2 rings (SSSR count). The average molecular weight is 267 g/mol. The zero-order valence-electron chi connectivity index (χ0n) is 12.8. The number of likely N-dealkylation sites (tertiary alicyclic amines) is 1. The van der Waals surface area contributed by atoms with Crippen molar-refractivity contribution in [1.82, 2.24) is 15.5 Å². The van der Waals surface area contributed by atoms with Crippen LogP contribution < -0.4 is 10.6 Å². The minimum atomic E-state index is 0.0514. The molecule has 2 N–H and O–H groups in total. The molecule has 2 saturated heterocycles. The Balaban J connectivity index is 1.84. The predicted octanol–water partition coefficient (Wildman–Crippen LogP) is 1.08. The highest BCUT2D eigenvalue weighted by Gasteiger charge is 2.34. The smallest absolute Gasteiger partial charge is 0.225 e. The van der Waals surface area contributed by atoms with E-state index in [1.165, 1.54) is 6.42 Å². The fraction of sp³-hybridized carbons (Fsp3) is 0.933. The van der Waals surface area contributed by atoms with Gasteiger partial charge in [0, 0.05) is 38.3 Å². The quantitative estimate of drug-likeness (QED) is 0.801. The molecule has 110 valence electrons. The Hall–Kier alpha value is -0.610. The van der Waals surface area contributed by atoms with Crippen molar-refractivity contribution in [3.63, 3.8) is 0 Å². The first-order valence-corrected chi connectivity index (χ1v) is 7.62. The van der Waals surface area contributed by atoms with Crippen molar-refractivity contribution >= 4 is 5.91 Å². The Kier molecular flexibility index (Phi) is 4.51. The molecular formula is C15H29N3O. The highest BCUT2D eigenvalue weighted by Crippen LogP contribution is 2.26. The second kappa shape index (κ2) is 5.80. The van der Waals surface area contributed by atoms with Gasteiger partial charge in [0.1, 0.15) is 0 Å². The van der Waals surface area contributed by atoms with Crippen molar-refractivity contribution in [2.45, 2.75) is 39.7 Å². The molecule has 2 heterocycles. The van der Waals surface area contributed by atoms with Crippen LogP contribution >= 0.6 is 0 Å². The second-order valence-corrected chi connectivity index (χ2v) is 7.24. The first-order valence-electron chi connectivity index (χ1n) is 7.62. The van der Waals surface area contributed by atoms with Crippen LogP contribution in [0, 0.1) is 17.8 Å². The van der Waals surface area contributed by atoms with Gasteiger partial charge in [0.25, 0.3) is 0 Å². The minimum Gasteiger partial charge on any atom is -0.354 e. The van der Waals surface area contributed by atoms with Crippen molar-refractivity contribution in [2.24, 2.45) is 17.8 Å². The van der Waals surface area contributed by atoms with Crippen LogP contribution in [-0.2, 0) is 4.79 Å². The van der Waals surface area contributed by atoms with Crippen LogP contribution in [0.2, 0.25) is 0 Å². The Bertz CT molecular complexity index is 315. The van der Waals surface area contributed by atoms with Crippen molar-refractivity contribution in [2.75, 3.05) is 32.7 Å². The average Bonchev–Trinajstić information content (AvgIpc) is 2.23. The Morgan fingerprint density at radius 2 is 1.84 bits per heavy atom. The summed E-state index contributed by atoms with van der Waals surface area (Å²) in [4.78, 5) is 14.5. The van der Waals surface area contributed by atoms with Gasteiger partial charge in [-0.05, 0) is 32.1 Å². The lowest BCUT2D eigenvalue weighted by Gasteiger charge is -2.45. The summed E-state index contributed by atoms with van der Waals surface area (Å²) < 4.78 is 0. The molecule has 4 nitrogen and oxygen atoms in total. The summed E-state index contributed by atoms with van der Waals surface area (Å²) in [7, 11) is 0. The molecule has 1 amide bonds. The number of nitrogens with zero attached hydrogens (tertiary/aromatic N) is 1. The van der Waals surface area contributed by atoms with Gasteiger partial charge in [-0.2, -0.15) is 0 Å². The van der Waals surface area contributed by atoms with E-state index in [0.717, 1.165) is 44.6 Å². The summed E-state index contributed by atoms with van der Waals surface area (Å²) in [5, 5.41) is 6.27. The molecule has 0 radical (unpaired) electrons. The van der Waals surface area contributed by atoms with Crippen molar-refractivity contribution in [3.05, 3.63) is 0 Å². The SMILES string of the molecule is CC1CC(C)CN(C(C)(C)CNC(=O)C2CNC2)C1. The van der Waals surface area contributed by atoms with Gasteiger partial charge in [0.15, 0.2) is 0 Å². The van der Waals surface area contributed by atoms with Gasteiger partial charge in [0.2, 0.25) is 5.91 Å². The molecule has 0 aromatic carbocycles. The highest BCUT2D eigenvalue weighted by molar-refractivity contribution is 5.80. The van der Waals surface area contributed by atoms with Gasteiger partial charge >= 0.3 is 0 Å². The number of amides is 1. The van der Waals surface area contributed by atoms with Gasteiger partial charge in [-0.15, -0.1) is 0 Å².